The molecule has 142 valence electrons. The summed E-state index contributed by atoms with van der Waals surface area (Å²) in [5.41, 5.74) is 1.79. The molecule has 0 spiro atoms. The van der Waals surface area contributed by atoms with Gasteiger partial charge in [0.25, 0.3) is 0 Å². The van der Waals surface area contributed by atoms with E-state index in [1.54, 1.807) is 12.1 Å². The predicted octanol–water partition coefficient (Wildman–Crippen LogP) is 2.70. The van der Waals surface area contributed by atoms with E-state index in [0.29, 0.717) is 43.4 Å². The summed E-state index contributed by atoms with van der Waals surface area (Å²) in [6, 6.07) is 12.3. The Balaban J connectivity index is 1.49. The summed E-state index contributed by atoms with van der Waals surface area (Å²) in [5, 5.41) is 0.679. The van der Waals surface area contributed by atoms with Gasteiger partial charge in [0, 0.05) is 36.9 Å². The van der Waals surface area contributed by atoms with Gasteiger partial charge in [-0.25, -0.2) is 8.42 Å². The van der Waals surface area contributed by atoms with Gasteiger partial charge >= 0.3 is 5.97 Å². The average Bonchev–Trinajstić information content (AvgIpc) is 2.68. The van der Waals surface area contributed by atoms with Crippen molar-refractivity contribution in [2.75, 3.05) is 31.1 Å². The number of fused-ring (bicyclic) bond motifs is 1. The van der Waals surface area contributed by atoms with Crippen molar-refractivity contribution >= 4 is 33.3 Å². The Kier molecular flexibility index (Phi) is 4.84. The van der Waals surface area contributed by atoms with Crippen LogP contribution in [-0.2, 0) is 21.2 Å². The van der Waals surface area contributed by atoms with E-state index in [1.807, 2.05) is 24.3 Å². The summed E-state index contributed by atoms with van der Waals surface area (Å²) >= 11 is 5.93. The molecule has 0 atom stereocenters. The lowest BCUT2D eigenvalue weighted by Gasteiger charge is -2.35. The molecule has 0 aliphatic carbocycles. The van der Waals surface area contributed by atoms with Crippen LogP contribution >= 0.6 is 11.6 Å². The van der Waals surface area contributed by atoms with Crippen molar-refractivity contribution in [3.8, 4) is 5.75 Å². The summed E-state index contributed by atoms with van der Waals surface area (Å²) < 4.78 is 32.7. The first-order valence-corrected chi connectivity index (χ1v) is 10.6. The van der Waals surface area contributed by atoms with E-state index in [-0.39, 0.29) is 17.3 Å². The average molecular weight is 407 g/mol. The van der Waals surface area contributed by atoms with E-state index in [9.17, 15) is 13.2 Å². The van der Waals surface area contributed by atoms with Crippen LogP contribution in [-0.4, -0.2) is 44.9 Å². The molecule has 6 nitrogen and oxygen atoms in total. The third-order valence-electron chi connectivity index (χ3n) is 4.92. The van der Waals surface area contributed by atoms with Crippen molar-refractivity contribution in [3.63, 3.8) is 0 Å². The molecule has 0 N–H and O–H groups in total. The molecule has 0 amide bonds. The molecule has 2 heterocycles. The number of aryl methyl sites for hydroxylation is 1. The lowest BCUT2D eigenvalue weighted by Crippen LogP contribution is -2.48. The van der Waals surface area contributed by atoms with E-state index in [1.165, 1.54) is 10.4 Å². The Hall–Kier alpha value is -2.09. The monoisotopic (exact) mass is 406 g/mol. The Morgan fingerprint density at radius 2 is 1.63 bits per heavy atom. The van der Waals surface area contributed by atoms with E-state index in [4.69, 9.17) is 16.3 Å². The number of esters is 1. The minimum atomic E-state index is -3.58. The molecule has 0 aromatic heterocycles. The third-order valence-corrected chi connectivity index (χ3v) is 7.07. The van der Waals surface area contributed by atoms with Gasteiger partial charge in [-0.1, -0.05) is 11.6 Å². The van der Waals surface area contributed by atoms with Crippen molar-refractivity contribution in [2.45, 2.75) is 17.7 Å². The number of hydrogen-bond acceptors (Lipinski definition) is 5. The summed E-state index contributed by atoms with van der Waals surface area (Å²) in [6.07, 6.45) is 0.776. The number of nitrogens with zero attached hydrogens (tertiary/aromatic N) is 2. The number of halogens is 1. The molecule has 8 heteroatoms. The second-order valence-corrected chi connectivity index (χ2v) is 8.99. The van der Waals surface area contributed by atoms with Gasteiger partial charge in [0.2, 0.25) is 10.0 Å². The van der Waals surface area contributed by atoms with Crippen molar-refractivity contribution in [1.29, 1.82) is 0 Å². The van der Waals surface area contributed by atoms with Crippen LogP contribution in [0.2, 0.25) is 5.02 Å². The van der Waals surface area contributed by atoms with Crippen LogP contribution in [0.5, 0.6) is 5.75 Å². The van der Waals surface area contributed by atoms with Crippen LogP contribution < -0.4 is 9.64 Å². The smallest absolute Gasteiger partial charge is 0.311 e. The summed E-state index contributed by atoms with van der Waals surface area (Å²) in [6.45, 7) is 2.06. The molecule has 27 heavy (non-hydrogen) atoms. The maximum Gasteiger partial charge on any atom is 0.311 e. The first-order valence-electron chi connectivity index (χ1n) is 8.78. The van der Waals surface area contributed by atoms with E-state index < -0.39 is 10.0 Å². The van der Waals surface area contributed by atoms with Gasteiger partial charge in [0.15, 0.2) is 0 Å². The normalized spacial score (nSPS) is 18.1. The number of sulfonamides is 1. The number of hydrogen-bond donors (Lipinski definition) is 0. The number of anilines is 1. The van der Waals surface area contributed by atoms with Crippen LogP contribution in [0, 0.1) is 0 Å². The Morgan fingerprint density at radius 3 is 2.33 bits per heavy atom. The molecular weight excluding hydrogens is 388 g/mol. The molecule has 1 saturated heterocycles. The van der Waals surface area contributed by atoms with Crippen LogP contribution in [0.1, 0.15) is 12.0 Å². The van der Waals surface area contributed by atoms with Crippen molar-refractivity contribution in [3.05, 3.63) is 53.1 Å². The number of benzene rings is 2. The Labute approximate surface area is 163 Å². The van der Waals surface area contributed by atoms with Gasteiger partial charge in [0.1, 0.15) is 5.75 Å². The quantitative estimate of drug-likeness (QED) is 0.579. The largest absolute Gasteiger partial charge is 0.426 e. The fraction of sp³-hybridized carbons (Fsp3) is 0.316. The molecule has 1 fully saturated rings. The fourth-order valence-electron chi connectivity index (χ4n) is 3.41. The number of ether oxygens (including phenoxy) is 1. The highest BCUT2D eigenvalue weighted by atomic mass is 35.5. The predicted molar refractivity (Wildman–Crippen MR) is 103 cm³/mol. The van der Waals surface area contributed by atoms with Crippen molar-refractivity contribution < 1.29 is 17.9 Å². The lowest BCUT2D eigenvalue weighted by atomic mass is 10.1. The molecule has 4 rings (SSSR count). The third kappa shape index (κ3) is 3.67. The number of piperazine rings is 1. The zero-order chi connectivity index (χ0) is 19.0. The van der Waals surface area contributed by atoms with Crippen LogP contribution in [0.4, 0.5) is 5.69 Å². The zero-order valence-electron chi connectivity index (χ0n) is 14.6. The highest BCUT2D eigenvalue weighted by Gasteiger charge is 2.30. The second-order valence-electron chi connectivity index (χ2n) is 6.61. The highest BCUT2D eigenvalue weighted by Crippen LogP contribution is 2.29. The SMILES string of the molecule is O=C1CCc2cc(S(=O)(=O)N3CCN(c4ccc(Cl)cc4)CC3)ccc2O1. The fourth-order valence-corrected chi connectivity index (χ4v) is 5.01. The maximum absolute atomic E-state index is 13.0. The first-order chi connectivity index (χ1) is 12.9. The highest BCUT2D eigenvalue weighted by molar-refractivity contribution is 7.89. The zero-order valence-corrected chi connectivity index (χ0v) is 16.2. The standard InChI is InChI=1S/C19H19ClN2O4S/c20-15-2-4-16(5-3-15)21-9-11-22(12-10-21)27(24,25)17-6-7-18-14(13-17)1-8-19(23)26-18/h2-7,13H,1,8-12H2. The summed E-state index contributed by atoms with van der Waals surface area (Å²) in [4.78, 5) is 13.8. The minimum absolute atomic E-state index is 0.249. The molecular formula is C19H19ClN2O4S. The molecule has 2 aliphatic heterocycles. The van der Waals surface area contributed by atoms with Crippen molar-refractivity contribution in [1.82, 2.24) is 4.31 Å². The maximum atomic E-state index is 13.0. The van der Waals surface area contributed by atoms with Crippen LogP contribution in [0.25, 0.3) is 0 Å². The van der Waals surface area contributed by atoms with Gasteiger partial charge in [-0.15, -0.1) is 0 Å². The van der Waals surface area contributed by atoms with Crippen LogP contribution in [0.3, 0.4) is 0 Å². The first kappa shape index (κ1) is 18.3. The van der Waals surface area contributed by atoms with E-state index >= 15 is 0 Å². The molecule has 2 aromatic carbocycles. The lowest BCUT2D eigenvalue weighted by molar-refractivity contribution is -0.135. The van der Waals surface area contributed by atoms with Gasteiger partial charge in [0.05, 0.1) is 11.3 Å². The number of carbonyl (C=O) groups is 1. The van der Waals surface area contributed by atoms with Gasteiger partial charge < -0.3 is 9.64 Å². The molecule has 0 saturated carbocycles. The van der Waals surface area contributed by atoms with Gasteiger partial charge in [-0.2, -0.15) is 4.31 Å². The number of rotatable bonds is 3. The molecule has 0 radical (unpaired) electrons. The van der Waals surface area contributed by atoms with Gasteiger partial charge in [-0.3, -0.25) is 4.79 Å². The molecule has 2 aliphatic rings. The molecule has 0 unspecified atom stereocenters. The Bertz CT molecular complexity index is 968. The summed E-state index contributed by atoms with van der Waals surface area (Å²) in [7, 11) is -3.58. The molecule has 0 bridgehead atoms. The van der Waals surface area contributed by atoms with Crippen molar-refractivity contribution in [2.24, 2.45) is 0 Å². The van der Waals surface area contributed by atoms with E-state index in [2.05, 4.69) is 4.90 Å². The minimum Gasteiger partial charge on any atom is -0.426 e. The van der Waals surface area contributed by atoms with Gasteiger partial charge in [-0.05, 0) is 54.4 Å². The Morgan fingerprint density at radius 1 is 0.926 bits per heavy atom. The summed E-state index contributed by atoms with van der Waals surface area (Å²) in [5.74, 6) is 0.175. The van der Waals surface area contributed by atoms with Crippen LogP contribution in [0.15, 0.2) is 47.4 Å². The second kappa shape index (κ2) is 7.14. The molecule has 2 aromatic rings. The topological polar surface area (TPSA) is 66.9 Å². The van der Waals surface area contributed by atoms with E-state index in [0.717, 1.165) is 11.3 Å². The number of carbonyl (C=O) groups excluding carboxylic acids is 1.